The molecule has 2 unspecified atom stereocenters. The maximum atomic E-state index is 12.7. The number of methoxy groups -OCH3 is 3. The lowest BCUT2D eigenvalue weighted by Crippen LogP contribution is -2.29. The Labute approximate surface area is 163 Å². The minimum absolute atomic E-state index is 0.0339. The summed E-state index contributed by atoms with van der Waals surface area (Å²) < 4.78 is 29.6. The maximum Gasteiger partial charge on any atom is 0.281 e. The summed E-state index contributed by atoms with van der Waals surface area (Å²) in [5.41, 5.74) is 1.33. The van der Waals surface area contributed by atoms with Gasteiger partial charge in [-0.1, -0.05) is 28.1 Å². The third-order valence-electron chi connectivity index (χ3n) is 4.08. The van der Waals surface area contributed by atoms with Crippen LogP contribution >= 0.6 is 15.9 Å². The summed E-state index contributed by atoms with van der Waals surface area (Å²) in [6, 6.07) is 10.8. The van der Waals surface area contributed by atoms with Crippen LogP contribution < -0.4 is 19.1 Å². The molecule has 1 fully saturated rings. The SMILES string of the molecule is COc1cc(N2C(=O)C[S+]([O-])C2c2cccc(Br)c2)cc(OC)c1OC. The van der Waals surface area contributed by atoms with E-state index in [1.165, 1.54) is 26.2 Å². The first kappa shape index (κ1) is 18.9. The molecular weight excluding hydrogens is 422 g/mol. The van der Waals surface area contributed by atoms with Gasteiger partial charge in [0.15, 0.2) is 17.3 Å². The Kier molecular flexibility index (Phi) is 5.64. The molecule has 0 saturated carbocycles. The highest BCUT2D eigenvalue weighted by molar-refractivity contribution is 9.10. The second-order valence-electron chi connectivity index (χ2n) is 5.58. The van der Waals surface area contributed by atoms with Crippen molar-refractivity contribution in [2.75, 3.05) is 32.0 Å². The predicted octanol–water partition coefficient (Wildman–Crippen LogP) is 3.27. The lowest BCUT2D eigenvalue weighted by Gasteiger charge is -2.25. The average Bonchev–Trinajstić information content (AvgIpc) is 2.94. The summed E-state index contributed by atoms with van der Waals surface area (Å²) in [4.78, 5) is 14.1. The van der Waals surface area contributed by atoms with Crippen LogP contribution in [0.3, 0.4) is 0 Å². The van der Waals surface area contributed by atoms with Gasteiger partial charge in [0.2, 0.25) is 11.1 Å². The maximum absolute atomic E-state index is 12.7. The van der Waals surface area contributed by atoms with Crippen LogP contribution in [0, 0.1) is 0 Å². The highest BCUT2D eigenvalue weighted by Gasteiger charge is 2.45. The molecule has 1 heterocycles. The minimum atomic E-state index is -1.36. The number of carbonyl (C=O) groups excluding carboxylic acids is 1. The first-order chi connectivity index (χ1) is 12.5. The number of nitrogens with zero attached hydrogens (tertiary/aromatic N) is 1. The van der Waals surface area contributed by atoms with Crippen molar-refractivity contribution in [2.45, 2.75) is 5.37 Å². The van der Waals surface area contributed by atoms with Crippen LogP contribution in [0.25, 0.3) is 0 Å². The van der Waals surface area contributed by atoms with Gasteiger partial charge < -0.3 is 18.8 Å². The number of rotatable bonds is 5. The predicted molar refractivity (Wildman–Crippen MR) is 103 cm³/mol. The molecule has 0 bridgehead atoms. The molecule has 1 amide bonds. The molecule has 0 spiro atoms. The van der Waals surface area contributed by atoms with Crippen LogP contribution in [0.4, 0.5) is 5.69 Å². The molecule has 2 aromatic carbocycles. The summed E-state index contributed by atoms with van der Waals surface area (Å²) >= 11 is 2.06. The molecular formula is C18H18BrNO5S. The number of halogens is 1. The highest BCUT2D eigenvalue weighted by atomic mass is 79.9. The lowest BCUT2D eigenvalue weighted by atomic mass is 10.1. The molecule has 3 rings (SSSR count). The van der Waals surface area contributed by atoms with Crippen LogP contribution in [0.15, 0.2) is 40.9 Å². The third-order valence-corrected chi connectivity index (χ3v) is 6.09. The molecule has 6 nitrogen and oxygen atoms in total. The zero-order valence-electron chi connectivity index (χ0n) is 14.5. The number of benzene rings is 2. The van der Waals surface area contributed by atoms with Crippen LogP contribution in [0.5, 0.6) is 17.2 Å². The highest BCUT2D eigenvalue weighted by Crippen LogP contribution is 2.45. The van der Waals surface area contributed by atoms with E-state index in [4.69, 9.17) is 14.2 Å². The van der Waals surface area contributed by atoms with Crippen molar-refractivity contribution in [3.63, 3.8) is 0 Å². The zero-order valence-corrected chi connectivity index (χ0v) is 16.9. The van der Waals surface area contributed by atoms with Crippen molar-refractivity contribution in [3.05, 3.63) is 46.4 Å². The monoisotopic (exact) mass is 439 g/mol. The summed E-state index contributed by atoms with van der Waals surface area (Å²) in [6.07, 6.45) is 0. The topological polar surface area (TPSA) is 71.1 Å². The Morgan fingerprint density at radius 1 is 1.12 bits per heavy atom. The summed E-state index contributed by atoms with van der Waals surface area (Å²) in [6.45, 7) is 0. The fourth-order valence-corrected chi connectivity index (χ4v) is 4.85. The van der Waals surface area contributed by atoms with Crippen molar-refractivity contribution >= 4 is 38.7 Å². The molecule has 0 radical (unpaired) electrons. The van der Waals surface area contributed by atoms with E-state index in [1.54, 1.807) is 12.1 Å². The van der Waals surface area contributed by atoms with E-state index in [0.717, 1.165) is 10.0 Å². The van der Waals surface area contributed by atoms with E-state index in [2.05, 4.69) is 15.9 Å². The molecule has 1 saturated heterocycles. The Balaban J connectivity index is 2.12. The van der Waals surface area contributed by atoms with Crippen molar-refractivity contribution in [1.82, 2.24) is 0 Å². The number of amides is 1. The van der Waals surface area contributed by atoms with E-state index in [9.17, 15) is 9.35 Å². The van der Waals surface area contributed by atoms with E-state index in [-0.39, 0.29) is 11.7 Å². The van der Waals surface area contributed by atoms with Gasteiger partial charge in [-0.05, 0) is 23.3 Å². The second-order valence-corrected chi connectivity index (χ2v) is 7.99. The number of carbonyl (C=O) groups is 1. The molecule has 1 aliphatic rings. The molecule has 26 heavy (non-hydrogen) atoms. The van der Waals surface area contributed by atoms with E-state index in [1.807, 2.05) is 24.3 Å². The van der Waals surface area contributed by atoms with Gasteiger partial charge in [-0.15, -0.1) is 0 Å². The van der Waals surface area contributed by atoms with Crippen molar-refractivity contribution < 1.29 is 23.6 Å². The molecule has 0 aromatic heterocycles. The normalized spacial score (nSPS) is 19.6. The molecule has 0 aliphatic carbocycles. The van der Waals surface area contributed by atoms with E-state index < -0.39 is 16.5 Å². The zero-order chi connectivity index (χ0) is 18.8. The lowest BCUT2D eigenvalue weighted by molar-refractivity contribution is -0.115. The molecule has 8 heteroatoms. The van der Waals surface area contributed by atoms with Crippen molar-refractivity contribution in [2.24, 2.45) is 0 Å². The van der Waals surface area contributed by atoms with Crippen LogP contribution in [-0.4, -0.2) is 37.5 Å². The number of anilines is 1. The summed E-state index contributed by atoms with van der Waals surface area (Å²) in [5, 5.41) is -0.581. The minimum Gasteiger partial charge on any atom is -0.614 e. The first-order valence-corrected chi connectivity index (χ1v) is 9.92. The van der Waals surface area contributed by atoms with Gasteiger partial charge in [0, 0.05) is 22.2 Å². The largest absolute Gasteiger partial charge is 0.614 e. The second kappa shape index (κ2) is 7.77. The van der Waals surface area contributed by atoms with Crippen molar-refractivity contribution in [1.29, 1.82) is 0 Å². The van der Waals surface area contributed by atoms with E-state index >= 15 is 0 Å². The molecule has 2 atom stereocenters. The Morgan fingerprint density at radius 2 is 1.77 bits per heavy atom. The quantitative estimate of drug-likeness (QED) is 0.668. The standard InChI is InChI=1S/C18H18BrNO5S/c1-23-14-8-13(9-15(24-2)17(14)25-3)20-16(21)10-26(22)18(20)11-5-4-6-12(19)7-11/h4-9,18H,10H2,1-3H3. The summed E-state index contributed by atoms with van der Waals surface area (Å²) in [5.74, 6) is 1.04. The molecule has 0 N–H and O–H groups in total. The van der Waals surface area contributed by atoms with Gasteiger partial charge in [0.1, 0.15) is 0 Å². The Bertz CT molecular complexity index is 806. The fraction of sp³-hybridized carbons (Fsp3) is 0.278. The van der Waals surface area contributed by atoms with Gasteiger partial charge in [0.25, 0.3) is 5.91 Å². The average molecular weight is 440 g/mol. The Hall–Kier alpha value is -1.90. The number of hydrogen-bond donors (Lipinski definition) is 0. The number of hydrogen-bond acceptors (Lipinski definition) is 5. The molecule has 1 aliphatic heterocycles. The third kappa shape index (κ3) is 3.36. The van der Waals surface area contributed by atoms with Gasteiger partial charge >= 0.3 is 0 Å². The smallest absolute Gasteiger partial charge is 0.281 e. The van der Waals surface area contributed by atoms with Gasteiger partial charge in [-0.25, -0.2) is 0 Å². The van der Waals surface area contributed by atoms with E-state index in [0.29, 0.717) is 22.9 Å². The molecule has 2 aromatic rings. The Morgan fingerprint density at radius 3 is 2.31 bits per heavy atom. The van der Waals surface area contributed by atoms with Crippen molar-refractivity contribution in [3.8, 4) is 17.2 Å². The van der Waals surface area contributed by atoms with Gasteiger partial charge in [0.05, 0.1) is 27.0 Å². The number of ether oxygens (including phenoxy) is 3. The fourth-order valence-electron chi connectivity index (χ4n) is 2.97. The first-order valence-electron chi connectivity index (χ1n) is 7.74. The van der Waals surface area contributed by atoms with Gasteiger partial charge in [-0.2, -0.15) is 0 Å². The van der Waals surface area contributed by atoms with Crippen LogP contribution in [0.2, 0.25) is 0 Å². The van der Waals surface area contributed by atoms with Gasteiger partial charge in [-0.3, -0.25) is 9.69 Å². The molecule has 138 valence electrons. The van der Waals surface area contributed by atoms with Crippen LogP contribution in [-0.2, 0) is 16.0 Å². The summed E-state index contributed by atoms with van der Waals surface area (Å²) in [7, 11) is 4.54. The van der Waals surface area contributed by atoms with Crippen LogP contribution in [0.1, 0.15) is 10.9 Å².